The number of nitrogens with zero attached hydrogens (tertiary/aromatic N) is 2. The van der Waals surface area contributed by atoms with Gasteiger partial charge in [0.15, 0.2) is 5.82 Å². The number of H-pyrrole nitrogens is 1. The molecule has 1 N–H and O–H groups in total. The number of hydrogen-bond acceptors (Lipinski definition) is 2. The van der Waals surface area contributed by atoms with Crippen LogP contribution in [0.2, 0.25) is 5.02 Å². The van der Waals surface area contributed by atoms with Gasteiger partial charge in [0.05, 0.1) is 0 Å². The molecule has 1 heterocycles. The van der Waals surface area contributed by atoms with Crippen molar-refractivity contribution in [2.75, 3.05) is 0 Å². The first-order valence-electron chi connectivity index (χ1n) is 6.02. The molecule has 4 heteroatoms. The van der Waals surface area contributed by atoms with Crippen LogP contribution in [0.4, 0.5) is 0 Å². The second-order valence-electron chi connectivity index (χ2n) is 4.27. The summed E-state index contributed by atoms with van der Waals surface area (Å²) in [5.41, 5.74) is 2.17. The minimum absolute atomic E-state index is 0.719. The van der Waals surface area contributed by atoms with E-state index in [4.69, 9.17) is 11.6 Å². The van der Waals surface area contributed by atoms with Gasteiger partial charge < -0.3 is 0 Å². The van der Waals surface area contributed by atoms with E-state index in [1.807, 2.05) is 54.6 Å². The molecule has 94 valence electrons. The summed E-state index contributed by atoms with van der Waals surface area (Å²) in [7, 11) is 0. The molecule has 3 aromatic rings. The second-order valence-corrected chi connectivity index (χ2v) is 4.71. The highest BCUT2D eigenvalue weighted by molar-refractivity contribution is 6.30. The lowest BCUT2D eigenvalue weighted by Gasteiger charge is -1.97. The Hall–Kier alpha value is -2.13. The van der Waals surface area contributed by atoms with Gasteiger partial charge in [-0.3, -0.25) is 5.10 Å². The molecule has 3 nitrogen and oxygen atoms in total. The zero-order valence-corrected chi connectivity index (χ0v) is 10.9. The molecule has 0 bridgehead atoms. The van der Waals surface area contributed by atoms with Gasteiger partial charge in [-0.15, -0.1) is 0 Å². The predicted molar refractivity (Wildman–Crippen MR) is 76.1 cm³/mol. The maximum Gasteiger partial charge on any atom is 0.181 e. The van der Waals surface area contributed by atoms with E-state index in [0.717, 1.165) is 34.2 Å². The van der Waals surface area contributed by atoms with Gasteiger partial charge >= 0.3 is 0 Å². The third-order valence-corrected chi connectivity index (χ3v) is 3.10. The lowest BCUT2D eigenvalue weighted by Crippen LogP contribution is -1.90. The molecule has 0 saturated carbocycles. The molecule has 0 aliphatic carbocycles. The summed E-state index contributed by atoms with van der Waals surface area (Å²) in [4.78, 5) is 4.50. The van der Waals surface area contributed by atoms with Crippen molar-refractivity contribution >= 4 is 11.6 Å². The Labute approximate surface area is 116 Å². The average Bonchev–Trinajstić information content (AvgIpc) is 2.91. The average molecular weight is 270 g/mol. The number of aromatic amines is 1. The highest BCUT2D eigenvalue weighted by atomic mass is 35.5. The molecule has 0 atom stereocenters. The van der Waals surface area contributed by atoms with Crippen LogP contribution in [0, 0.1) is 0 Å². The first-order chi connectivity index (χ1) is 9.31. The van der Waals surface area contributed by atoms with E-state index in [0.29, 0.717) is 0 Å². The van der Waals surface area contributed by atoms with Gasteiger partial charge in [-0.1, -0.05) is 54.1 Å². The molecule has 0 fully saturated rings. The van der Waals surface area contributed by atoms with Crippen molar-refractivity contribution in [2.24, 2.45) is 0 Å². The smallest absolute Gasteiger partial charge is 0.181 e. The summed E-state index contributed by atoms with van der Waals surface area (Å²) in [5.74, 6) is 1.57. The lowest BCUT2D eigenvalue weighted by molar-refractivity contribution is 0.973. The molecular weight excluding hydrogens is 258 g/mol. The van der Waals surface area contributed by atoms with Crippen LogP contribution in [0.1, 0.15) is 11.4 Å². The van der Waals surface area contributed by atoms with Crippen molar-refractivity contribution in [2.45, 2.75) is 6.42 Å². The molecule has 0 aliphatic rings. The fourth-order valence-electron chi connectivity index (χ4n) is 1.89. The van der Waals surface area contributed by atoms with E-state index < -0.39 is 0 Å². The van der Waals surface area contributed by atoms with Crippen LogP contribution in [0.25, 0.3) is 11.4 Å². The summed E-state index contributed by atoms with van der Waals surface area (Å²) >= 11 is 5.86. The molecule has 0 spiro atoms. The Bertz CT molecular complexity index is 659. The molecule has 1 aromatic heterocycles. The quantitative estimate of drug-likeness (QED) is 0.787. The maximum atomic E-state index is 5.86. The fourth-order valence-corrected chi connectivity index (χ4v) is 2.01. The van der Waals surface area contributed by atoms with Crippen molar-refractivity contribution in [1.29, 1.82) is 0 Å². The Morgan fingerprint density at radius 1 is 0.947 bits per heavy atom. The van der Waals surface area contributed by atoms with Crippen LogP contribution in [-0.4, -0.2) is 15.2 Å². The number of nitrogens with one attached hydrogen (secondary N) is 1. The van der Waals surface area contributed by atoms with E-state index in [2.05, 4.69) is 15.2 Å². The summed E-state index contributed by atoms with van der Waals surface area (Å²) in [6, 6.07) is 17.7. The van der Waals surface area contributed by atoms with E-state index in [1.54, 1.807) is 0 Å². The van der Waals surface area contributed by atoms with Crippen LogP contribution in [0.5, 0.6) is 0 Å². The SMILES string of the molecule is Clc1ccc(Cc2nc(-c3ccccc3)n[nH]2)cc1. The molecule has 0 radical (unpaired) electrons. The van der Waals surface area contributed by atoms with Gasteiger partial charge in [-0.2, -0.15) is 5.10 Å². The zero-order chi connectivity index (χ0) is 13.1. The van der Waals surface area contributed by atoms with Crippen LogP contribution in [-0.2, 0) is 6.42 Å². The third-order valence-electron chi connectivity index (χ3n) is 2.85. The van der Waals surface area contributed by atoms with Crippen molar-refractivity contribution in [1.82, 2.24) is 15.2 Å². The van der Waals surface area contributed by atoms with Crippen molar-refractivity contribution < 1.29 is 0 Å². The fraction of sp³-hybridized carbons (Fsp3) is 0.0667. The van der Waals surface area contributed by atoms with Gasteiger partial charge in [0.2, 0.25) is 0 Å². The lowest BCUT2D eigenvalue weighted by atomic mass is 10.1. The molecule has 0 aliphatic heterocycles. The van der Waals surface area contributed by atoms with Crippen LogP contribution in [0.15, 0.2) is 54.6 Å². The highest BCUT2D eigenvalue weighted by Gasteiger charge is 2.05. The largest absolute Gasteiger partial charge is 0.262 e. The molecule has 3 rings (SSSR count). The summed E-state index contributed by atoms with van der Waals surface area (Å²) in [6.07, 6.45) is 0.719. The number of rotatable bonds is 3. The topological polar surface area (TPSA) is 41.6 Å². The second kappa shape index (κ2) is 5.24. The summed E-state index contributed by atoms with van der Waals surface area (Å²) in [6.45, 7) is 0. The highest BCUT2D eigenvalue weighted by Crippen LogP contribution is 2.16. The van der Waals surface area contributed by atoms with Crippen LogP contribution < -0.4 is 0 Å². The standard InChI is InChI=1S/C15H12ClN3/c16-13-8-6-11(7-9-13)10-14-17-15(19-18-14)12-4-2-1-3-5-12/h1-9H,10H2,(H,17,18,19). The van der Waals surface area contributed by atoms with Gasteiger partial charge in [-0.05, 0) is 17.7 Å². The Kier molecular flexibility index (Phi) is 3.29. The van der Waals surface area contributed by atoms with Crippen molar-refractivity contribution in [3.63, 3.8) is 0 Å². The molecular formula is C15H12ClN3. The van der Waals surface area contributed by atoms with Gasteiger partial charge in [-0.25, -0.2) is 4.98 Å². The minimum atomic E-state index is 0.719. The molecule has 0 saturated heterocycles. The van der Waals surface area contributed by atoms with Crippen LogP contribution >= 0.6 is 11.6 Å². The predicted octanol–water partition coefficient (Wildman–Crippen LogP) is 3.72. The van der Waals surface area contributed by atoms with Gasteiger partial charge in [0, 0.05) is 17.0 Å². The maximum absolute atomic E-state index is 5.86. The van der Waals surface area contributed by atoms with Crippen molar-refractivity contribution in [3.8, 4) is 11.4 Å². The monoisotopic (exact) mass is 269 g/mol. The third kappa shape index (κ3) is 2.83. The normalized spacial score (nSPS) is 10.6. The molecule has 0 unspecified atom stereocenters. The van der Waals surface area contributed by atoms with Crippen LogP contribution in [0.3, 0.4) is 0 Å². The van der Waals surface area contributed by atoms with E-state index in [9.17, 15) is 0 Å². The number of hydrogen-bond donors (Lipinski definition) is 1. The zero-order valence-electron chi connectivity index (χ0n) is 10.2. The molecule has 19 heavy (non-hydrogen) atoms. The summed E-state index contributed by atoms with van der Waals surface area (Å²) in [5, 5.41) is 7.95. The van der Waals surface area contributed by atoms with E-state index >= 15 is 0 Å². The number of aromatic nitrogens is 3. The number of halogens is 1. The molecule has 2 aromatic carbocycles. The van der Waals surface area contributed by atoms with Crippen molar-refractivity contribution in [3.05, 3.63) is 71.0 Å². The van der Waals surface area contributed by atoms with Gasteiger partial charge in [0.1, 0.15) is 5.82 Å². The first-order valence-corrected chi connectivity index (χ1v) is 6.40. The Balaban J connectivity index is 1.80. The first kappa shape index (κ1) is 11.9. The Morgan fingerprint density at radius 2 is 1.68 bits per heavy atom. The van der Waals surface area contributed by atoms with E-state index in [1.165, 1.54) is 0 Å². The molecule has 0 amide bonds. The van der Waals surface area contributed by atoms with Gasteiger partial charge in [0.25, 0.3) is 0 Å². The summed E-state index contributed by atoms with van der Waals surface area (Å²) < 4.78 is 0. The minimum Gasteiger partial charge on any atom is -0.262 e. The Morgan fingerprint density at radius 3 is 2.42 bits per heavy atom. The number of benzene rings is 2. The van der Waals surface area contributed by atoms with E-state index in [-0.39, 0.29) is 0 Å².